The number of hydrogen-bond donors (Lipinski definition) is 0. The molecule has 0 amide bonds. The number of hydrogen-bond acceptors (Lipinski definition) is 1. The van der Waals surface area contributed by atoms with Crippen LogP contribution < -0.4 is 4.16 Å². The molecule has 10 heavy (non-hydrogen) atoms. The zero-order valence-corrected chi connectivity index (χ0v) is 10.1. The molecule has 0 atom stereocenters. The molecular weight excluding hydrogens is 243 g/mol. The van der Waals surface area contributed by atoms with Gasteiger partial charge in [0.1, 0.15) is 0 Å². The molecule has 0 bridgehead atoms. The number of nitriles is 1. The number of benzene rings is 1. The third-order valence-corrected chi connectivity index (χ3v) is 3.30. The molecule has 0 saturated heterocycles. The fourth-order valence-corrected chi connectivity index (χ4v) is 2.14. The summed E-state index contributed by atoms with van der Waals surface area (Å²) in [5.41, 5.74) is 0. The molecule has 0 saturated carbocycles. The molecule has 0 N–H and O–H groups in total. The second-order valence-corrected chi connectivity index (χ2v) is 4.94. The number of halogens is 1. The second-order valence-electron chi connectivity index (χ2n) is 1.82. The Morgan fingerprint density at radius 2 is 1.80 bits per heavy atom. The van der Waals surface area contributed by atoms with Crippen LogP contribution in [0.3, 0.4) is 0 Å². The SMILES string of the molecule is Br.N#[C][Zn][c]1ccccc1. The van der Waals surface area contributed by atoms with Crippen LogP contribution in [0, 0.1) is 9.93 Å². The van der Waals surface area contributed by atoms with Gasteiger partial charge in [-0.2, -0.15) is 0 Å². The maximum atomic E-state index is 8.35. The van der Waals surface area contributed by atoms with E-state index in [1.54, 1.807) is 0 Å². The van der Waals surface area contributed by atoms with Crippen molar-refractivity contribution in [2.75, 3.05) is 0 Å². The average molecular weight is 249 g/mol. The van der Waals surface area contributed by atoms with Crippen LogP contribution in [0.2, 0.25) is 0 Å². The van der Waals surface area contributed by atoms with E-state index in [9.17, 15) is 0 Å². The van der Waals surface area contributed by atoms with E-state index in [4.69, 9.17) is 5.26 Å². The molecule has 0 heterocycles. The molecule has 0 radical (unpaired) electrons. The minimum atomic E-state index is -0.984. The van der Waals surface area contributed by atoms with Crippen LogP contribution in [-0.4, -0.2) is 0 Å². The van der Waals surface area contributed by atoms with E-state index in [2.05, 4.69) is 4.66 Å². The standard InChI is InChI=1S/C6H5.CN.BrH.Zn/c1-2-4-6-5-3-1;1-2;;/h1-5H;;1H;. The number of rotatable bonds is 1. The van der Waals surface area contributed by atoms with Crippen molar-refractivity contribution < 1.29 is 17.1 Å². The summed E-state index contributed by atoms with van der Waals surface area (Å²) in [6.07, 6.45) is 0. The van der Waals surface area contributed by atoms with Crippen LogP contribution in [0.5, 0.6) is 0 Å². The maximum absolute atomic E-state index is 8.35. The van der Waals surface area contributed by atoms with Crippen molar-refractivity contribution in [3.63, 3.8) is 0 Å². The van der Waals surface area contributed by atoms with Gasteiger partial charge in [-0.3, -0.25) is 0 Å². The molecule has 0 aromatic heterocycles. The first kappa shape index (κ1) is 9.81. The van der Waals surface area contributed by atoms with Crippen molar-refractivity contribution >= 4 is 21.1 Å². The van der Waals surface area contributed by atoms with Crippen LogP contribution in [-0.2, 0) is 17.1 Å². The topological polar surface area (TPSA) is 23.8 Å². The van der Waals surface area contributed by atoms with Gasteiger partial charge in [-0.05, 0) is 0 Å². The van der Waals surface area contributed by atoms with Gasteiger partial charge in [0.15, 0.2) is 0 Å². The summed E-state index contributed by atoms with van der Waals surface area (Å²) < 4.78 is 3.54. The van der Waals surface area contributed by atoms with Gasteiger partial charge in [-0.1, -0.05) is 0 Å². The van der Waals surface area contributed by atoms with Crippen LogP contribution in [0.25, 0.3) is 0 Å². The monoisotopic (exact) mass is 247 g/mol. The first-order valence-corrected chi connectivity index (χ1v) is 5.81. The second kappa shape index (κ2) is 5.59. The minimum absolute atomic E-state index is 0. The molecule has 48 valence electrons. The summed E-state index contributed by atoms with van der Waals surface area (Å²) in [7, 11) is 0. The predicted octanol–water partition coefficient (Wildman–Crippen LogP) is 1.45. The van der Waals surface area contributed by atoms with Gasteiger partial charge in [0, 0.05) is 0 Å². The molecule has 1 aromatic carbocycles. The molecule has 0 unspecified atom stereocenters. The molecule has 1 nitrogen and oxygen atoms in total. The molecule has 0 aliphatic carbocycles. The summed E-state index contributed by atoms with van der Waals surface area (Å²) in [5, 5.41) is 8.35. The molecule has 0 aliphatic rings. The summed E-state index contributed by atoms with van der Waals surface area (Å²) in [6, 6.07) is 10.0. The van der Waals surface area contributed by atoms with E-state index in [-0.39, 0.29) is 17.0 Å². The molecular formula is C7H6BrNZn. The summed E-state index contributed by atoms with van der Waals surface area (Å²) in [5.74, 6) is 0. The van der Waals surface area contributed by atoms with Gasteiger partial charge in [0.05, 0.1) is 0 Å². The van der Waals surface area contributed by atoms with Crippen LogP contribution in [0.1, 0.15) is 0 Å². The molecule has 3 heteroatoms. The van der Waals surface area contributed by atoms with Gasteiger partial charge in [0.2, 0.25) is 0 Å². The Morgan fingerprint density at radius 3 is 2.30 bits per heavy atom. The Bertz CT molecular complexity index is 217. The molecule has 0 fully saturated rings. The van der Waals surface area contributed by atoms with Gasteiger partial charge >= 0.3 is 61.5 Å². The Kier molecular flexibility index (Phi) is 5.48. The van der Waals surface area contributed by atoms with E-state index in [1.165, 1.54) is 4.16 Å². The molecule has 1 rings (SSSR count). The number of nitrogens with zero attached hydrogens (tertiary/aromatic N) is 1. The van der Waals surface area contributed by atoms with E-state index in [0.717, 1.165) is 0 Å². The quantitative estimate of drug-likeness (QED) is 0.691. The normalized spacial score (nSPS) is 6.70. The van der Waals surface area contributed by atoms with Gasteiger partial charge < -0.3 is 0 Å². The third kappa shape index (κ3) is 3.10. The van der Waals surface area contributed by atoms with Crippen molar-refractivity contribution in [3.05, 3.63) is 30.3 Å². The summed E-state index contributed by atoms with van der Waals surface area (Å²) in [6.45, 7) is 0. The summed E-state index contributed by atoms with van der Waals surface area (Å²) >= 11 is -0.984. The van der Waals surface area contributed by atoms with Gasteiger partial charge in [-0.25, -0.2) is 0 Å². The molecule has 0 aliphatic heterocycles. The molecule has 0 spiro atoms. The van der Waals surface area contributed by atoms with E-state index >= 15 is 0 Å². The van der Waals surface area contributed by atoms with Crippen molar-refractivity contribution in [1.82, 2.24) is 0 Å². The summed E-state index contributed by atoms with van der Waals surface area (Å²) in [4.78, 5) is 0. The van der Waals surface area contributed by atoms with E-state index < -0.39 is 17.1 Å². The zero-order chi connectivity index (χ0) is 6.53. The fourth-order valence-electron chi connectivity index (χ4n) is 0.687. The van der Waals surface area contributed by atoms with Crippen molar-refractivity contribution in [2.45, 2.75) is 0 Å². The van der Waals surface area contributed by atoms with Crippen LogP contribution >= 0.6 is 17.0 Å². The van der Waals surface area contributed by atoms with Crippen LogP contribution in [0.15, 0.2) is 30.3 Å². The van der Waals surface area contributed by atoms with Gasteiger partial charge in [-0.15, -0.1) is 17.0 Å². The first-order chi connectivity index (χ1) is 4.43. The zero-order valence-electron chi connectivity index (χ0n) is 5.45. The van der Waals surface area contributed by atoms with Gasteiger partial charge in [0.25, 0.3) is 0 Å². The third-order valence-electron chi connectivity index (χ3n) is 1.13. The van der Waals surface area contributed by atoms with Crippen molar-refractivity contribution in [3.8, 4) is 4.66 Å². The van der Waals surface area contributed by atoms with Crippen molar-refractivity contribution in [2.24, 2.45) is 0 Å². The predicted molar refractivity (Wildman–Crippen MR) is 42.0 cm³/mol. The van der Waals surface area contributed by atoms with Crippen LogP contribution in [0.4, 0.5) is 0 Å². The van der Waals surface area contributed by atoms with E-state index in [1.807, 2.05) is 30.3 Å². The Balaban J connectivity index is 0.000000810. The molecule has 1 aromatic rings. The van der Waals surface area contributed by atoms with Crippen molar-refractivity contribution in [1.29, 1.82) is 5.26 Å². The fraction of sp³-hybridized carbons (Fsp3) is 0. The average Bonchev–Trinajstić information content (AvgIpc) is 1.91. The Labute approximate surface area is 78.4 Å². The Hall–Kier alpha value is -0.187. The Morgan fingerprint density at radius 1 is 1.20 bits per heavy atom. The first-order valence-electron chi connectivity index (χ1n) is 2.84. The van der Waals surface area contributed by atoms with E-state index in [0.29, 0.717) is 0 Å².